The number of thiophene rings is 1. The van der Waals surface area contributed by atoms with Gasteiger partial charge in [0, 0.05) is 18.0 Å². The Morgan fingerprint density at radius 1 is 1.10 bits per heavy atom. The van der Waals surface area contributed by atoms with Gasteiger partial charge >= 0.3 is 0 Å². The lowest BCUT2D eigenvalue weighted by Gasteiger charge is -2.12. The van der Waals surface area contributed by atoms with Crippen molar-refractivity contribution in [2.45, 2.75) is 20.0 Å². The molecule has 158 valence electrons. The molecule has 0 atom stereocenters. The van der Waals surface area contributed by atoms with E-state index in [9.17, 15) is 4.79 Å². The summed E-state index contributed by atoms with van der Waals surface area (Å²) in [5.74, 6) is 2.14. The summed E-state index contributed by atoms with van der Waals surface area (Å²) in [6.07, 6.45) is 0. The van der Waals surface area contributed by atoms with Gasteiger partial charge in [-0.3, -0.25) is 4.79 Å². The summed E-state index contributed by atoms with van der Waals surface area (Å²) in [6.45, 7) is 3.31. The lowest BCUT2D eigenvalue weighted by molar-refractivity contribution is 0.0942. The van der Waals surface area contributed by atoms with Crippen molar-refractivity contribution in [3.8, 4) is 17.2 Å². The van der Waals surface area contributed by atoms with Crippen molar-refractivity contribution in [3.63, 3.8) is 0 Å². The number of nitrogens with zero attached hydrogens (tertiary/aromatic N) is 1. The van der Waals surface area contributed by atoms with E-state index in [1.807, 2.05) is 48.5 Å². The second-order valence-electron chi connectivity index (χ2n) is 7.44. The van der Waals surface area contributed by atoms with Gasteiger partial charge in [-0.25, -0.2) is 0 Å². The highest BCUT2D eigenvalue weighted by Crippen LogP contribution is 2.33. The average Bonchev–Trinajstić information content (AvgIpc) is 3.47. The number of fused-ring (bicyclic) bond motifs is 2. The van der Waals surface area contributed by atoms with Gasteiger partial charge in [0.05, 0.1) is 17.3 Å². The molecule has 1 aliphatic heterocycles. The van der Waals surface area contributed by atoms with Gasteiger partial charge in [-0.2, -0.15) is 0 Å². The molecule has 0 radical (unpaired) electrons. The fraction of sp³-hybridized carbons (Fsp3) is 0.208. The minimum atomic E-state index is -0.110. The molecule has 3 heterocycles. The van der Waals surface area contributed by atoms with Crippen molar-refractivity contribution >= 4 is 27.5 Å². The molecule has 0 bridgehead atoms. The predicted octanol–water partition coefficient (Wildman–Crippen LogP) is 4.73. The Bertz CT molecular complexity index is 1270. The SMILES string of the molecule is COc1cccc(Cn2c(C(=O)NCc3ccc4c(c3)OCO4)cc3sc(C)cc32)c1. The molecule has 31 heavy (non-hydrogen) atoms. The van der Waals surface area contributed by atoms with E-state index in [-0.39, 0.29) is 12.7 Å². The minimum Gasteiger partial charge on any atom is -0.497 e. The Morgan fingerprint density at radius 3 is 2.84 bits per heavy atom. The second kappa shape index (κ2) is 8.00. The number of hydrogen-bond acceptors (Lipinski definition) is 5. The first-order chi connectivity index (χ1) is 15.1. The minimum absolute atomic E-state index is 0.110. The summed E-state index contributed by atoms with van der Waals surface area (Å²) in [6, 6.07) is 17.7. The zero-order chi connectivity index (χ0) is 21.4. The summed E-state index contributed by atoms with van der Waals surface area (Å²) in [5.41, 5.74) is 3.75. The number of hydrogen-bond donors (Lipinski definition) is 1. The molecular weight excluding hydrogens is 412 g/mol. The van der Waals surface area contributed by atoms with Crippen LogP contribution in [-0.4, -0.2) is 24.4 Å². The molecule has 1 N–H and O–H groups in total. The largest absolute Gasteiger partial charge is 0.497 e. The number of aryl methyl sites for hydroxylation is 1. The quantitative estimate of drug-likeness (QED) is 0.477. The zero-order valence-electron chi connectivity index (χ0n) is 17.3. The van der Waals surface area contributed by atoms with E-state index in [4.69, 9.17) is 14.2 Å². The Labute approximate surface area is 184 Å². The average molecular weight is 435 g/mol. The topological polar surface area (TPSA) is 61.7 Å². The fourth-order valence-electron chi connectivity index (χ4n) is 3.80. The van der Waals surface area contributed by atoms with Crippen molar-refractivity contribution in [3.05, 3.63) is 76.3 Å². The molecule has 2 aromatic carbocycles. The van der Waals surface area contributed by atoms with Crippen molar-refractivity contribution in [2.75, 3.05) is 13.9 Å². The summed E-state index contributed by atoms with van der Waals surface area (Å²) >= 11 is 1.69. The summed E-state index contributed by atoms with van der Waals surface area (Å²) in [4.78, 5) is 14.3. The van der Waals surface area contributed by atoms with Crippen LogP contribution in [0.4, 0.5) is 0 Å². The standard InChI is InChI=1S/C24H22N2O4S/c1-15-8-19-23(31-15)11-20(26(19)13-17-4-3-5-18(9-17)28-2)24(27)25-12-16-6-7-21-22(10-16)30-14-29-21/h3-11H,12-14H2,1-2H3,(H,25,27). The maximum absolute atomic E-state index is 13.1. The molecule has 4 aromatic rings. The number of nitrogens with one attached hydrogen (secondary N) is 1. The van der Waals surface area contributed by atoms with Gasteiger partial charge in [0.2, 0.25) is 6.79 Å². The van der Waals surface area contributed by atoms with E-state index in [1.54, 1.807) is 18.4 Å². The van der Waals surface area contributed by atoms with Gasteiger partial charge < -0.3 is 24.1 Å². The van der Waals surface area contributed by atoms with E-state index >= 15 is 0 Å². The number of ether oxygens (including phenoxy) is 3. The normalized spacial score (nSPS) is 12.3. The molecule has 0 spiro atoms. The number of methoxy groups -OCH3 is 1. The third-order valence-corrected chi connectivity index (χ3v) is 6.30. The predicted molar refractivity (Wildman–Crippen MR) is 120 cm³/mol. The van der Waals surface area contributed by atoms with E-state index in [0.29, 0.717) is 24.5 Å². The van der Waals surface area contributed by atoms with Gasteiger partial charge in [-0.05, 0) is 54.4 Å². The van der Waals surface area contributed by atoms with Crippen LogP contribution in [0, 0.1) is 6.92 Å². The van der Waals surface area contributed by atoms with Gasteiger partial charge in [0.25, 0.3) is 5.91 Å². The molecule has 7 heteroatoms. The summed E-state index contributed by atoms with van der Waals surface area (Å²) in [7, 11) is 1.66. The number of amides is 1. The van der Waals surface area contributed by atoms with Crippen LogP contribution in [0.5, 0.6) is 17.2 Å². The first-order valence-electron chi connectivity index (χ1n) is 10.00. The van der Waals surface area contributed by atoms with E-state index in [2.05, 4.69) is 22.9 Å². The Hall–Kier alpha value is -3.45. The van der Waals surface area contributed by atoms with E-state index < -0.39 is 0 Å². The van der Waals surface area contributed by atoms with Crippen LogP contribution in [0.15, 0.2) is 54.6 Å². The monoisotopic (exact) mass is 434 g/mol. The van der Waals surface area contributed by atoms with E-state index in [0.717, 1.165) is 32.8 Å². The number of carbonyl (C=O) groups is 1. The fourth-order valence-corrected chi connectivity index (χ4v) is 4.76. The molecular formula is C24H22N2O4S. The molecule has 0 aliphatic carbocycles. The van der Waals surface area contributed by atoms with Crippen LogP contribution in [0.1, 0.15) is 26.5 Å². The van der Waals surface area contributed by atoms with Gasteiger partial charge in [0.15, 0.2) is 11.5 Å². The molecule has 0 saturated heterocycles. The van der Waals surface area contributed by atoms with Crippen LogP contribution in [0.2, 0.25) is 0 Å². The lowest BCUT2D eigenvalue weighted by Crippen LogP contribution is -2.25. The van der Waals surface area contributed by atoms with Crippen molar-refractivity contribution in [1.82, 2.24) is 9.88 Å². The molecule has 0 unspecified atom stereocenters. The number of rotatable bonds is 6. The van der Waals surface area contributed by atoms with Crippen LogP contribution in [0.25, 0.3) is 10.2 Å². The third kappa shape index (κ3) is 3.84. The molecule has 0 saturated carbocycles. The van der Waals surface area contributed by atoms with Crippen molar-refractivity contribution in [1.29, 1.82) is 0 Å². The summed E-state index contributed by atoms with van der Waals surface area (Å²) in [5, 5.41) is 3.04. The van der Waals surface area contributed by atoms with Crippen LogP contribution in [-0.2, 0) is 13.1 Å². The van der Waals surface area contributed by atoms with Crippen molar-refractivity contribution < 1.29 is 19.0 Å². The smallest absolute Gasteiger partial charge is 0.268 e. The highest BCUT2D eigenvalue weighted by molar-refractivity contribution is 7.19. The van der Waals surface area contributed by atoms with Crippen LogP contribution < -0.4 is 19.5 Å². The Morgan fingerprint density at radius 2 is 1.97 bits per heavy atom. The van der Waals surface area contributed by atoms with Crippen LogP contribution >= 0.6 is 11.3 Å². The molecule has 0 fully saturated rings. The summed E-state index contributed by atoms with van der Waals surface area (Å²) < 4.78 is 19.3. The number of benzene rings is 2. The molecule has 2 aromatic heterocycles. The third-order valence-electron chi connectivity index (χ3n) is 5.31. The van der Waals surface area contributed by atoms with Gasteiger partial charge in [0.1, 0.15) is 11.4 Å². The number of carbonyl (C=O) groups excluding carboxylic acids is 1. The Kier molecular flexibility index (Phi) is 5.03. The zero-order valence-corrected chi connectivity index (χ0v) is 18.1. The number of aromatic nitrogens is 1. The first-order valence-corrected chi connectivity index (χ1v) is 10.8. The molecule has 6 nitrogen and oxygen atoms in total. The Balaban J connectivity index is 1.41. The van der Waals surface area contributed by atoms with Gasteiger partial charge in [-0.15, -0.1) is 11.3 Å². The first kappa shape index (κ1) is 19.5. The maximum atomic E-state index is 13.1. The second-order valence-corrected chi connectivity index (χ2v) is 8.73. The van der Waals surface area contributed by atoms with Gasteiger partial charge in [-0.1, -0.05) is 18.2 Å². The van der Waals surface area contributed by atoms with E-state index in [1.165, 1.54) is 4.88 Å². The van der Waals surface area contributed by atoms with Crippen LogP contribution in [0.3, 0.4) is 0 Å². The maximum Gasteiger partial charge on any atom is 0.268 e. The molecule has 1 aliphatic rings. The van der Waals surface area contributed by atoms with Crippen molar-refractivity contribution in [2.24, 2.45) is 0 Å². The lowest BCUT2D eigenvalue weighted by atomic mass is 10.2. The highest BCUT2D eigenvalue weighted by Gasteiger charge is 2.19. The molecule has 5 rings (SSSR count). The highest BCUT2D eigenvalue weighted by atomic mass is 32.1. The molecule has 1 amide bonds.